The maximum atomic E-state index is 10.3. The average Bonchev–Trinajstić information content (AvgIpc) is 3.21. The van der Waals surface area contributed by atoms with Crippen LogP contribution in [0.3, 0.4) is 0 Å². The molecule has 1 heterocycles. The van der Waals surface area contributed by atoms with Gasteiger partial charge in [0.05, 0.1) is 12.5 Å². The van der Waals surface area contributed by atoms with Crippen molar-refractivity contribution in [1.29, 1.82) is 0 Å². The number of rotatable bonds is 6. The molecule has 5 heteroatoms. The summed E-state index contributed by atoms with van der Waals surface area (Å²) in [5.41, 5.74) is -0.352. The van der Waals surface area contributed by atoms with Crippen LogP contribution < -0.4 is 0 Å². The molecule has 1 aromatic rings. The summed E-state index contributed by atoms with van der Waals surface area (Å²) in [4.78, 5) is 4.53. The fourth-order valence-electron chi connectivity index (χ4n) is 3.87. The van der Waals surface area contributed by atoms with E-state index in [0.29, 0.717) is 30.7 Å². The molecule has 21 heavy (non-hydrogen) atoms. The van der Waals surface area contributed by atoms with E-state index in [-0.39, 0.29) is 11.7 Å². The summed E-state index contributed by atoms with van der Waals surface area (Å²) in [5, 5.41) is 14.4. The molecular formula is C16H26N2O3. The molecule has 0 saturated heterocycles. The van der Waals surface area contributed by atoms with Gasteiger partial charge in [-0.05, 0) is 51.4 Å². The Morgan fingerprint density at radius 2 is 2.00 bits per heavy atom. The molecular weight excluding hydrogens is 268 g/mol. The Morgan fingerprint density at radius 1 is 1.29 bits per heavy atom. The lowest BCUT2D eigenvalue weighted by Crippen LogP contribution is -2.28. The van der Waals surface area contributed by atoms with E-state index in [2.05, 4.69) is 10.1 Å². The largest absolute Gasteiger partial charge is 0.392 e. The van der Waals surface area contributed by atoms with Gasteiger partial charge < -0.3 is 14.4 Å². The quantitative estimate of drug-likeness (QED) is 0.873. The van der Waals surface area contributed by atoms with Crippen LogP contribution in [0.4, 0.5) is 0 Å². The zero-order valence-corrected chi connectivity index (χ0v) is 12.9. The van der Waals surface area contributed by atoms with Crippen molar-refractivity contribution < 1.29 is 14.4 Å². The molecule has 0 radical (unpaired) electrons. The first-order valence-corrected chi connectivity index (χ1v) is 8.38. The first-order chi connectivity index (χ1) is 10.2. The number of aliphatic hydroxyl groups is 1. The normalized spacial score (nSPS) is 23.7. The molecule has 0 spiro atoms. The molecule has 2 aliphatic rings. The van der Waals surface area contributed by atoms with Gasteiger partial charge in [-0.25, -0.2) is 0 Å². The molecule has 5 nitrogen and oxygen atoms in total. The van der Waals surface area contributed by atoms with Crippen molar-refractivity contribution in [3.63, 3.8) is 0 Å². The monoisotopic (exact) mass is 294 g/mol. The molecule has 0 amide bonds. The van der Waals surface area contributed by atoms with Gasteiger partial charge in [0.2, 0.25) is 11.7 Å². The van der Waals surface area contributed by atoms with Crippen molar-refractivity contribution in [2.45, 2.75) is 76.4 Å². The maximum Gasteiger partial charge on any atom is 0.229 e. The highest BCUT2D eigenvalue weighted by Crippen LogP contribution is 2.40. The van der Waals surface area contributed by atoms with Crippen molar-refractivity contribution in [3.05, 3.63) is 11.7 Å². The molecule has 1 unspecified atom stereocenters. The van der Waals surface area contributed by atoms with Gasteiger partial charge in [0.15, 0.2) is 0 Å². The van der Waals surface area contributed by atoms with Gasteiger partial charge in [-0.3, -0.25) is 0 Å². The Kier molecular flexibility index (Phi) is 4.60. The van der Waals surface area contributed by atoms with Gasteiger partial charge in [0, 0.05) is 6.61 Å². The Labute approximate surface area is 126 Å². The molecule has 1 aromatic heterocycles. The minimum absolute atomic E-state index is 0.352. The second-order valence-corrected chi connectivity index (χ2v) is 6.46. The molecule has 118 valence electrons. The second-order valence-electron chi connectivity index (χ2n) is 6.46. The van der Waals surface area contributed by atoms with E-state index in [4.69, 9.17) is 9.26 Å². The Morgan fingerprint density at radius 3 is 2.67 bits per heavy atom. The summed E-state index contributed by atoms with van der Waals surface area (Å²) in [5.74, 6) is 1.62. The van der Waals surface area contributed by atoms with E-state index >= 15 is 0 Å². The minimum atomic E-state index is -0.354. The van der Waals surface area contributed by atoms with Crippen LogP contribution in [-0.2, 0) is 16.8 Å². The van der Waals surface area contributed by atoms with Crippen molar-refractivity contribution in [1.82, 2.24) is 10.1 Å². The van der Waals surface area contributed by atoms with Crippen LogP contribution in [0.25, 0.3) is 0 Å². The van der Waals surface area contributed by atoms with Crippen molar-refractivity contribution in [3.8, 4) is 0 Å². The fraction of sp³-hybridized carbons (Fsp3) is 0.875. The van der Waals surface area contributed by atoms with Crippen LogP contribution in [0.2, 0.25) is 0 Å². The highest BCUT2D eigenvalue weighted by Gasteiger charge is 2.41. The third-order valence-corrected chi connectivity index (χ3v) is 5.04. The van der Waals surface area contributed by atoms with Crippen LogP contribution >= 0.6 is 0 Å². The van der Waals surface area contributed by atoms with Crippen LogP contribution in [0.5, 0.6) is 0 Å². The number of aromatic nitrogens is 2. The van der Waals surface area contributed by atoms with Gasteiger partial charge in [0.1, 0.15) is 5.60 Å². The molecule has 1 N–H and O–H groups in total. The minimum Gasteiger partial charge on any atom is -0.392 e. The smallest absolute Gasteiger partial charge is 0.229 e. The summed E-state index contributed by atoms with van der Waals surface area (Å²) in [6.07, 6.45) is 9.02. The third-order valence-electron chi connectivity index (χ3n) is 5.04. The lowest BCUT2D eigenvalue weighted by atomic mass is 9.98. The molecule has 0 aromatic carbocycles. The van der Waals surface area contributed by atoms with E-state index < -0.39 is 0 Å². The summed E-state index contributed by atoms with van der Waals surface area (Å²) in [7, 11) is 0. The Hall–Kier alpha value is -0.940. The molecule has 2 fully saturated rings. The van der Waals surface area contributed by atoms with Crippen LogP contribution in [0.1, 0.15) is 70.0 Å². The number of hydrogen-bond acceptors (Lipinski definition) is 5. The van der Waals surface area contributed by atoms with E-state index in [1.54, 1.807) is 0 Å². The zero-order chi connectivity index (χ0) is 14.7. The third kappa shape index (κ3) is 3.14. The van der Waals surface area contributed by atoms with E-state index in [1.807, 2.05) is 6.92 Å². The van der Waals surface area contributed by atoms with Crippen LogP contribution in [0, 0.1) is 5.92 Å². The van der Waals surface area contributed by atoms with Gasteiger partial charge in [-0.2, -0.15) is 4.98 Å². The summed E-state index contributed by atoms with van der Waals surface area (Å²) >= 11 is 0. The van der Waals surface area contributed by atoms with Crippen LogP contribution in [-0.4, -0.2) is 28.0 Å². The van der Waals surface area contributed by atoms with Gasteiger partial charge in [-0.1, -0.05) is 18.0 Å². The molecule has 3 rings (SSSR count). The maximum absolute atomic E-state index is 10.3. The number of aliphatic hydroxyl groups excluding tert-OH is 1. The Bertz CT molecular complexity index is 448. The predicted octanol–water partition coefficient (Wildman–Crippen LogP) is 2.97. The molecule has 0 bridgehead atoms. The molecule has 2 aliphatic carbocycles. The van der Waals surface area contributed by atoms with Crippen molar-refractivity contribution in [2.75, 3.05) is 6.61 Å². The van der Waals surface area contributed by atoms with Crippen molar-refractivity contribution in [2.24, 2.45) is 5.92 Å². The summed E-state index contributed by atoms with van der Waals surface area (Å²) in [6, 6.07) is 0. The van der Waals surface area contributed by atoms with Crippen LogP contribution in [0.15, 0.2) is 4.52 Å². The van der Waals surface area contributed by atoms with E-state index in [1.165, 1.54) is 12.8 Å². The molecule has 2 saturated carbocycles. The summed E-state index contributed by atoms with van der Waals surface area (Å²) in [6.45, 7) is 2.67. The molecule has 1 atom stereocenters. The van der Waals surface area contributed by atoms with Gasteiger partial charge >= 0.3 is 0 Å². The Balaban J connectivity index is 1.67. The first kappa shape index (κ1) is 15.0. The first-order valence-electron chi connectivity index (χ1n) is 8.38. The summed E-state index contributed by atoms with van der Waals surface area (Å²) < 4.78 is 11.3. The van der Waals surface area contributed by atoms with Crippen molar-refractivity contribution >= 4 is 0 Å². The number of ether oxygens (including phenoxy) is 1. The lowest BCUT2D eigenvalue weighted by molar-refractivity contribution is -0.0469. The number of hydrogen-bond donors (Lipinski definition) is 1. The lowest BCUT2D eigenvalue weighted by Gasteiger charge is -2.24. The zero-order valence-electron chi connectivity index (χ0n) is 12.9. The second kappa shape index (κ2) is 6.44. The highest BCUT2D eigenvalue weighted by molar-refractivity contribution is 5.05. The predicted molar refractivity (Wildman–Crippen MR) is 77.7 cm³/mol. The standard InChI is InChI=1S/C16H26N2O3/c1-2-20-16(9-5-6-10-16)15-17-14(21-18-15)11-13(19)12-7-3-4-8-12/h12-13,19H,2-11H2,1H3. The SMILES string of the molecule is CCOC1(c2noc(CC(O)C3CCCC3)n2)CCCC1. The highest BCUT2D eigenvalue weighted by atomic mass is 16.5. The average molecular weight is 294 g/mol. The number of nitrogens with zero attached hydrogens (tertiary/aromatic N) is 2. The van der Waals surface area contributed by atoms with E-state index in [9.17, 15) is 5.11 Å². The fourth-order valence-corrected chi connectivity index (χ4v) is 3.87. The molecule has 0 aliphatic heterocycles. The van der Waals surface area contributed by atoms with E-state index in [0.717, 1.165) is 38.5 Å². The topological polar surface area (TPSA) is 68.4 Å². The van der Waals surface area contributed by atoms with Gasteiger partial charge in [0.25, 0.3) is 0 Å². The van der Waals surface area contributed by atoms with Gasteiger partial charge in [-0.15, -0.1) is 0 Å².